The molecule has 0 aliphatic carbocycles. The Hall–Kier alpha value is -0.130. The average molecular weight is 370 g/mol. The van der Waals surface area contributed by atoms with E-state index in [1.165, 1.54) is 11.8 Å². The van der Waals surface area contributed by atoms with E-state index in [0.29, 0.717) is 21.7 Å². The number of likely N-dealkylation sites (tertiary alicyclic amines) is 1. The Morgan fingerprint density at radius 3 is 2.95 bits per heavy atom. The van der Waals surface area contributed by atoms with E-state index >= 15 is 0 Å². The first-order chi connectivity index (χ1) is 9.60. The summed E-state index contributed by atoms with van der Waals surface area (Å²) in [6.07, 6.45) is 1.08. The Balaban J connectivity index is 0.00000220. The molecular formula is C14H19Cl3N2OS. The third-order valence-electron chi connectivity index (χ3n) is 3.38. The highest BCUT2D eigenvalue weighted by molar-refractivity contribution is 8.00. The SMILES string of the molecule is CNCC1CCN(C(=O)CSc2cc(Cl)ccc2Cl)C1.Cl. The number of carbonyl (C=O) groups excluding carboxylic acids is 1. The van der Waals surface area contributed by atoms with Gasteiger partial charge in [0.2, 0.25) is 5.91 Å². The standard InChI is InChI=1S/C14H18Cl2N2OS.ClH/c1-17-7-10-4-5-18(8-10)14(19)9-20-13-6-11(15)2-3-12(13)16;/h2-3,6,10,17H,4-5,7-9H2,1H3;1H. The number of thioether (sulfide) groups is 1. The van der Waals surface area contributed by atoms with Gasteiger partial charge in [0.1, 0.15) is 0 Å². The first-order valence-electron chi connectivity index (χ1n) is 6.60. The fourth-order valence-corrected chi connectivity index (χ4v) is 3.73. The van der Waals surface area contributed by atoms with Crippen molar-refractivity contribution in [2.75, 3.05) is 32.4 Å². The summed E-state index contributed by atoms with van der Waals surface area (Å²) < 4.78 is 0. The number of hydrogen-bond acceptors (Lipinski definition) is 3. The highest BCUT2D eigenvalue weighted by atomic mass is 35.5. The normalized spacial score (nSPS) is 17.7. The zero-order valence-corrected chi connectivity index (χ0v) is 14.9. The molecule has 1 aliphatic rings. The van der Waals surface area contributed by atoms with E-state index in [1.807, 2.05) is 11.9 Å². The predicted molar refractivity (Wildman–Crippen MR) is 93.0 cm³/mol. The minimum atomic E-state index is 0. The highest BCUT2D eigenvalue weighted by Crippen LogP contribution is 2.30. The number of amides is 1. The molecule has 0 radical (unpaired) electrons. The molecule has 0 saturated carbocycles. The molecule has 3 nitrogen and oxygen atoms in total. The van der Waals surface area contributed by atoms with Crippen LogP contribution in [0.2, 0.25) is 10.0 Å². The molecule has 21 heavy (non-hydrogen) atoms. The first-order valence-corrected chi connectivity index (χ1v) is 8.34. The highest BCUT2D eigenvalue weighted by Gasteiger charge is 2.25. The summed E-state index contributed by atoms with van der Waals surface area (Å²) in [7, 11) is 1.95. The van der Waals surface area contributed by atoms with Gasteiger partial charge in [-0.3, -0.25) is 4.79 Å². The lowest BCUT2D eigenvalue weighted by molar-refractivity contribution is -0.127. The van der Waals surface area contributed by atoms with Gasteiger partial charge >= 0.3 is 0 Å². The molecule has 2 rings (SSSR count). The molecule has 1 atom stereocenters. The van der Waals surface area contributed by atoms with Gasteiger partial charge in [-0.25, -0.2) is 0 Å². The van der Waals surface area contributed by atoms with Crippen molar-refractivity contribution in [3.8, 4) is 0 Å². The van der Waals surface area contributed by atoms with Gasteiger partial charge in [-0.2, -0.15) is 0 Å². The molecule has 1 saturated heterocycles. The second kappa shape index (κ2) is 9.11. The number of nitrogens with one attached hydrogen (secondary N) is 1. The smallest absolute Gasteiger partial charge is 0.232 e. The van der Waals surface area contributed by atoms with Crippen LogP contribution in [-0.4, -0.2) is 43.2 Å². The second-order valence-corrected chi connectivity index (χ2v) is 6.78. The molecule has 1 unspecified atom stereocenters. The monoisotopic (exact) mass is 368 g/mol. The maximum absolute atomic E-state index is 12.2. The fraction of sp³-hybridized carbons (Fsp3) is 0.500. The van der Waals surface area contributed by atoms with Crippen LogP contribution in [-0.2, 0) is 4.79 Å². The van der Waals surface area contributed by atoms with Crippen molar-refractivity contribution >= 4 is 53.3 Å². The number of benzene rings is 1. The lowest BCUT2D eigenvalue weighted by Crippen LogP contribution is -2.31. The van der Waals surface area contributed by atoms with Crippen LogP contribution in [0.4, 0.5) is 0 Å². The van der Waals surface area contributed by atoms with E-state index in [-0.39, 0.29) is 18.3 Å². The maximum Gasteiger partial charge on any atom is 0.232 e. The number of carbonyl (C=O) groups is 1. The van der Waals surface area contributed by atoms with E-state index in [0.717, 1.165) is 31.0 Å². The Bertz CT molecular complexity index is 487. The van der Waals surface area contributed by atoms with Crippen molar-refractivity contribution in [3.05, 3.63) is 28.2 Å². The molecule has 1 fully saturated rings. The van der Waals surface area contributed by atoms with Gasteiger partial charge in [0.15, 0.2) is 0 Å². The topological polar surface area (TPSA) is 32.3 Å². The number of rotatable bonds is 5. The molecule has 1 N–H and O–H groups in total. The summed E-state index contributed by atoms with van der Waals surface area (Å²) in [4.78, 5) is 15.0. The zero-order chi connectivity index (χ0) is 14.5. The Morgan fingerprint density at radius 2 is 2.24 bits per heavy atom. The molecular weight excluding hydrogens is 351 g/mol. The maximum atomic E-state index is 12.2. The van der Waals surface area contributed by atoms with E-state index in [2.05, 4.69) is 5.32 Å². The molecule has 0 aromatic heterocycles. The molecule has 118 valence electrons. The number of halogens is 3. The lowest BCUT2D eigenvalue weighted by atomic mass is 10.1. The third-order valence-corrected chi connectivity index (χ3v) is 5.09. The first kappa shape index (κ1) is 18.9. The molecule has 0 bridgehead atoms. The third kappa shape index (κ3) is 5.53. The minimum absolute atomic E-state index is 0. The van der Waals surface area contributed by atoms with Gasteiger partial charge in [0.25, 0.3) is 0 Å². The van der Waals surface area contributed by atoms with Crippen LogP contribution in [0.15, 0.2) is 23.1 Å². The second-order valence-electron chi connectivity index (χ2n) is 4.92. The molecule has 1 heterocycles. The predicted octanol–water partition coefficient (Wildman–Crippen LogP) is 3.58. The molecule has 1 amide bonds. The van der Waals surface area contributed by atoms with Crippen molar-refractivity contribution in [1.29, 1.82) is 0 Å². The summed E-state index contributed by atoms with van der Waals surface area (Å²) >= 11 is 13.5. The van der Waals surface area contributed by atoms with Crippen LogP contribution in [0.1, 0.15) is 6.42 Å². The van der Waals surface area contributed by atoms with Crippen LogP contribution in [0.3, 0.4) is 0 Å². The Kier molecular flexibility index (Phi) is 8.21. The van der Waals surface area contributed by atoms with Gasteiger partial charge in [-0.05, 0) is 44.1 Å². The van der Waals surface area contributed by atoms with Gasteiger partial charge in [0.05, 0.1) is 10.8 Å². The Morgan fingerprint density at radius 1 is 1.48 bits per heavy atom. The fourth-order valence-electron chi connectivity index (χ4n) is 2.33. The summed E-state index contributed by atoms with van der Waals surface area (Å²) in [6.45, 7) is 2.68. The Labute approximate surface area is 146 Å². The summed E-state index contributed by atoms with van der Waals surface area (Å²) in [6, 6.07) is 5.31. The van der Waals surface area contributed by atoms with Crippen LogP contribution in [0, 0.1) is 5.92 Å². The molecule has 1 aromatic carbocycles. The van der Waals surface area contributed by atoms with Crippen molar-refractivity contribution in [2.45, 2.75) is 11.3 Å². The molecule has 1 aromatic rings. The van der Waals surface area contributed by atoms with Gasteiger partial charge in [0, 0.05) is 23.0 Å². The van der Waals surface area contributed by atoms with Crippen molar-refractivity contribution in [3.63, 3.8) is 0 Å². The summed E-state index contributed by atoms with van der Waals surface area (Å²) in [5.41, 5.74) is 0. The summed E-state index contributed by atoms with van der Waals surface area (Å²) in [5.74, 6) is 1.15. The van der Waals surface area contributed by atoms with Crippen LogP contribution in [0.25, 0.3) is 0 Å². The van der Waals surface area contributed by atoms with E-state index in [9.17, 15) is 4.79 Å². The van der Waals surface area contributed by atoms with E-state index < -0.39 is 0 Å². The molecule has 7 heteroatoms. The quantitative estimate of drug-likeness (QED) is 0.805. The lowest BCUT2D eigenvalue weighted by Gasteiger charge is -2.16. The van der Waals surface area contributed by atoms with Crippen molar-refractivity contribution in [1.82, 2.24) is 10.2 Å². The average Bonchev–Trinajstić information content (AvgIpc) is 2.88. The minimum Gasteiger partial charge on any atom is -0.342 e. The van der Waals surface area contributed by atoms with Crippen LogP contribution >= 0.6 is 47.4 Å². The van der Waals surface area contributed by atoms with Crippen LogP contribution < -0.4 is 5.32 Å². The zero-order valence-electron chi connectivity index (χ0n) is 11.8. The van der Waals surface area contributed by atoms with E-state index in [1.54, 1.807) is 18.2 Å². The number of hydrogen-bond donors (Lipinski definition) is 1. The number of nitrogens with zero attached hydrogens (tertiary/aromatic N) is 1. The van der Waals surface area contributed by atoms with Crippen LogP contribution in [0.5, 0.6) is 0 Å². The van der Waals surface area contributed by atoms with Crippen molar-refractivity contribution in [2.24, 2.45) is 5.92 Å². The van der Waals surface area contributed by atoms with Gasteiger partial charge in [-0.1, -0.05) is 23.2 Å². The molecule has 1 aliphatic heterocycles. The molecule has 0 spiro atoms. The van der Waals surface area contributed by atoms with Crippen molar-refractivity contribution < 1.29 is 4.79 Å². The largest absolute Gasteiger partial charge is 0.342 e. The van der Waals surface area contributed by atoms with Gasteiger partial charge < -0.3 is 10.2 Å². The summed E-state index contributed by atoms with van der Waals surface area (Å²) in [5, 5.41) is 4.44. The van der Waals surface area contributed by atoms with Gasteiger partial charge in [-0.15, -0.1) is 24.2 Å². The van der Waals surface area contributed by atoms with E-state index in [4.69, 9.17) is 23.2 Å².